The van der Waals surface area contributed by atoms with E-state index in [0.717, 1.165) is 32.5 Å². The highest BCUT2D eigenvalue weighted by atomic mass is 16.3. The Bertz CT molecular complexity index is 622. The van der Waals surface area contributed by atoms with E-state index in [2.05, 4.69) is 31.0 Å². The van der Waals surface area contributed by atoms with Crippen LogP contribution in [0.15, 0.2) is 24.3 Å². The molecule has 1 aromatic carbocycles. The van der Waals surface area contributed by atoms with Gasteiger partial charge in [0.1, 0.15) is 5.75 Å². The third-order valence-corrected chi connectivity index (χ3v) is 5.46. The summed E-state index contributed by atoms with van der Waals surface area (Å²) >= 11 is 0. The van der Waals surface area contributed by atoms with Crippen LogP contribution in [0.25, 0.3) is 0 Å². The number of nitrogens with zero attached hydrogens (tertiary/aromatic N) is 2. The van der Waals surface area contributed by atoms with Gasteiger partial charge in [-0.1, -0.05) is 12.1 Å². The van der Waals surface area contributed by atoms with E-state index in [-0.39, 0.29) is 24.4 Å². The number of phenolic OH excluding ortho intramolecular Hbond substituents is 1. The zero-order valence-corrected chi connectivity index (χ0v) is 16.9. The van der Waals surface area contributed by atoms with E-state index in [1.165, 1.54) is 12.5 Å². The first kappa shape index (κ1) is 21.2. The first-order valence-corrected chi connectivity index (χ1v) is 9.84. The second kappa shape index (κ2) is 9.74. The molecule has 1 unspecified atom stereocenters. The maximum atomic E-state index is 12.1. The van der Waals surface area contributed by atoms with Crippen LogP contribution >= 0.6 is 0 Å². The van der Waals surface area contributed by atoms with Crippen LogP contribution in [0.3, 0.4) is 0 Å². The van der Waals surface area contributed by atoms with Crippen LogP contribution in [-0.2, 0) is 9.59 Å². The van der Waals surface area contributed by atoms with Crippen LogP contribution in [0, 0.1) is 5.92 Å². The number of carbonyl (C=O) groups is 2. The Morgan fingerprint density at radius 3 is 2.30 bits per heavy atom. The Hall–Kier alpha value is -2.08. The number of rotatable bonds is 7. The van der Waals surface area contributed by atoms with Gasteiger partial charge in [0.05, 0.1) is 6.54 Å². The highest BCUT2D eigenvalue weighted by molar-refractivity contribution is 5.83. The SMILES string of the molecule is CC(=O)NCC(=O)N1CCC(CN(C(C)C)C(C)c2ccc(O)cc2)CC1. The summed E-state index contributed by atoms with van der Waals surface area (Å²) in [5, 5.41) is 12.1. The molecule has 0 aliphatic carbocycles. The van der Waals surface area contributed by atoms with Gasteiger partial charge < -0.3 is 15.3 Å². The zero-order valence-electron chi connectivity index (χ0n) is 16.9. The summed E-state index contributed by atoms with van der Waals surface area (Å²) in [5.41, 5.74) is 1.20. The smallest absolute Gasteiger partial charge is 0.241 e. The number of amides is 2. The molecule has 6 nitrogen and oxygen atoms in total. The van der Waals surface area contributed by atoms with Crippen LogP contribution in [0.4, 0.5) is 0 Å². The van der Waals surface area contributed by atoms with E-state index in [4.69, 9.17) is 0 Å². The van der Waals surface area contributed by atoms with E-state index < -0.39 is 0 Å². The predicted molar refractivity (Wildman–Crippen MR) is 106 cm³/mol. The Morgan fingerprint density at radius 1 is 1.19 bits per heavy atom. The molecule has 0 aromatic heterocycles. The van der Waals surface area contributed by atoms with Crippen molar-refractivity contribution in [3.05, 3.63) is 29.8 Å². The molecule has 150 valence electrons. The van der Waals surface area contributed by atoms with E-state index >= 15 is 0 Å². The van der Waals surface area contributed by atoms with Gasteiger partial charge in [0.15, 0.2) is 0 Å². The minimum Gasteiger partial charge on any atom is -0.508 e. The lowest BCUT2D eigenvalue weighted by atomic mass is 9.94. The molecule has 2 amide bonds. The van der Waals surface area contributed by atoms with Gasteiger partial charge in [0.25, 0.3) is 0 Å². The van der Waals surface area contributed by atoms with Crippen LogP contribution < -0.4 is 5.32 Å². The largest absolute Gasteiger partial charge is 0.508 e. The fraction of sp³-hybridized carbons (Fsp3) is 0.619. The maximum Gasteiger partial charge on any atom is 0.241 e. The van der Waals surface area contributed by atoms with E-state index in [1.54, 1.807) is 12.1 Å². The Morgan fingerprint density at radius 2 is 1.78 bits per heavy atom. The third kappa shape index (κ3) is 6.24. The maximum absolute atomic E-state index is 12.1. The van der Waals surface area contributed by atoms with Crippen molar-refractivity contribution in [2.75, 3.05) is 26.2 Å². The zero-order chi connectivity index (χ0) is 20.0. The number of aromatic hydroxyl groups is 1. The average molecular weight is 376 g/mol. The van der Waals surface area contributed by atoms with Crippen LogP contribution in [0.1, 0.15) is 52.1 Å². The Labute approximate surface area is 162 Å². The lowest BCUT2D eigenvalue weighted by Gasteiger charge is -2.39. The quantitative estimate of drug-likeness (QED) is 0.768. The number of nitrogens with one attached hydrogen (secondary N) is 1. The Balaban J connectivity index is 1.89. The number of hydrogen-bond acceptors (Lipinski definition) is 4. The summed E-state index contributed by atoms with van der Waals surface area (Å²) in [6.07, 6.45) is 1.97. The molecule has 0 radical (unpaired) electrons. The van der Waals surface area contributed by atoms with Crippen molar-refractivity contribution >= 4 is 11.8 Å². The molecule has 0 spiro atoms. The average Bonchev–Trinajstić information content (AvgIpc) is 2.64. The minimum absolute atomic E-state index is 0.00169. The summed E-state index contributed by atoms with van der Waals surface area (Å²) in [7, 11) is 0. The number of hydrogen-bond donors (Lipinski definition) is 2. The normalized spacial score (nSPS) is 16.6. The van der Waals surface area contributed by atoms with Crippen LogP contribution in [0.2, 0.25) is 0 Å². The molecule has 0 bridgehead atoms. The first-order valence-electron chi connectivity index (χ1n) is 9.84. The van der Waals surface area contributed by atoms with Crippen LogP contribution in [-0.4, -0.2) is 58.9 Å². The summed E-state index contributed by atoms with van der Waals surface area (Å²) in [6.45, 7) is 10.6. The highest BCUT2D eigenvalue weighted by Crippen LogP contribution is 2.28. The van der Waals surface area contributed by atoms with Crippen molar-refractivity contribution in [3.63, 3.8) is 0 Å². The molecule has 2 N–H and O–H groups in total. The number of benzene rings is 1. The molecular weight excluding hydrogens is 342 g/mol. The molecule has 2 rings (SSSR count). The van der Waals surface area contributed by atoms with E-state index in [1.807, 2.05) is 17.0 Å². The van der Waals surface area contributed by atoms with Crippen molar-refractivity contribution in [2.24, 2.45) is 5.92 Å². The number of carbonyl (C=O) groups excluding carboxylic acids is 2. The van der Waals surface area contributed by atoms with Gasteiger partial charge in [0.2, 0.25) is 11.8 Å². The summed E-state index contributed by atoms with van der Waals surface area (Å²) in [5.74, 6) is 0.672. The highest BCUT2D eigenvalue weighted by Gasteiger charge is 2.27. The lowest BCUT2D eigenvalue weighted by molar-refractivity contribution is -0.133. The topological polar surface area (TPSA) is 72.9 Å². The van der Waals surface area contributed by atoms with Crippen molar-refractivity contribution in [1.29, 1.82) is 0 Å². The van der Waals surface area contributed by atoms with Crippen molar-refractivity contribution in [2.45, 2.75) is 52.6 Å². The van der Waals surface area contributed by atoms with Gasteiger partial charge in [-0.3, -0.25) is 14.5 Å². The van der Waals surface area contributed by atoms with E-state index in [0.29, 0.717) is 17.7 Å². The molecular formula is C21H33N3O3. The predicted octanol–water partition coefficient (Wildman–Crippen LogP) is 2.54. The number of piperidine rings is 1. The fourth-order valence-corrected chi connectivity index (χ4v) is 3.74. The fourth-order valence-electron chi connectivity index (χ4n) is 3.74. The molecule has 1 fully saturated rings. The van der Waals surface area contributed by atoms with Gasteiger partial charge in [-0.2, -0.15) is 0 Å². The number of likely N-dealkylation sites (tertiary alicyclic amines) is 1. The molecule has 6 heteroatoms. The lowest BCUT2D eigenvalue weighted by Crippen LogP contribution is -2.46. The minimum atomic E-state index is -0.172. The second-order valence-electron chi connectivity index (χ2n) is 7.79. The summed E-state index contributed by atoms with van der Waals surface area (Å²) in [4.78, 5) is 27.5. The van der Waals surface area contributed by atoms with E-state index in [9.17, 15) is 14.7 Å². The first-order chi connectivity index (χ1) is 12.8. The molecule has 1 aromatic rings. The van der Waals surface area contributed by atoms with Gasteiger partial charge >= 0.3 is 0 Å². The monoisotopic (exact) mass is 375 g/mol. The van der Waals surface area contributed by atoms with Crippen molar-refractivity contribution in [1.82, 2.24) is 15.1 Å². The molecule has 1 heterocycles. The molecule has 1 aliphatic rings. The van der Waals surface area contributed by atoms with Gasteiger partial charge in [-0.25, -0.2) is 0 Å². The summed E-state index contributed by atoms with van der Waals surface area (Å²) in [6, 6.07) is 8.13. The van der Waals surface area contributed by atoms with Crippen molar-refractivity contribution in [3.8, 4) is 5.75 Å². The molecule has 1 atom stereocenters. The Kier molecular flexibility index (Phi) is 7.66. The number of phenols is 1. The molecule has 1 saturated heterocycles. The van der Waals surface area contributed by atoms with Gasteiger partial charge in [-0.05, 0) is 57.2 Å². The standard InChI is InChI=1S/C21H33N3O3/c1-15(2)24(16(3)19-5-7-20(26)8-6-19)14-18-9-11-23(12-10-18)21(27)13-22-17(4)25/h5-8,15-16,18,26H,9-14H2,1-4H3,(H,22,25). The summed E-state index contributed by atoms with van der Waals surface area (Å²) < 4.78 is 0. The van der Waals surface area contributed by atoms with Crippen molar-refractivity contribution < 1.29 is 14.7 Å². The second-order valence-corrected chi connectivity index (χ2v) is 7.79. The molecule has 27 heavy (non-hydrogen) atoms. The van der Waals surface area contributed by atoms with Crippen LogP contribution in [0.5, 0.6) is 5.75 Å². The molecule has 1 aliphatic heterocycles. The third-order valence-electron chi connectivity index (χ3n) is 5.46. The van der Waals surface area contributed by atoms with Gasteiger partial charge in [0, 0.05) is 38.6 Å². The molecule has 0 saturated carbocycles. The van der Waals surface area contributed by atoms with Gasteiger partial charge in [-0.15, -0.1) is 0 Å².